The summed E-state index contributed by atoms with van der Waals surface area (Å²) in [5, 5.41) is 7.77. The zero-order chi connectivity index (χ0) is 19.9. The van der Waals surface area contributed by atoms with Gasteiger partial charge in [0.1, 0.15) is 0 Å². The number of fused-ring (bicyclic) bond motifs is 1. The quantitative estimate of drug-likeness (QED) is 0.451. The number of nitrogens with zero attached hydrogens (tertiary/aromatic N) is 4. The highest BCUT2D eigenvalue weighted by Crippen LogP contribution is 2.33. The summed E-state index contributed by atoms with van der Waals surface area (Å²) in [6.07, 6.45) is 5.89. The van der Waals surface area contributed by atoms with Crippen LogP contribution in [0.15, 0.2) is 29.5 Å². The number of nitrogens with one attached hydrogen (secondary N) is 1. The molecule has 1 aromatic heterocycles. The molecular formula is C21H31N5O2. The second-order valence-corrected chi connectivity index (χ2v) is 7.02. The number of rotatable bonds is 7. The SMILES string of the molecule is CCNC(=NCCCn1cc(C)cn1)N1CCc2cc(OC)c(OC)cc2C1. The predicted octanol–water partition coefficient (Wildman–Crippen LogP) is 2.62. The van der Waals surface area contributed by atoms with Crippen molar-refractivity contribution in [2.24, 2.45) is 4.99 Å². The summed E-state index contributed by atoms with van der Waals surface area (Å²) in [4.78, 5) is 7.16. The zero-order valence-electron chi connectivity index (χ0n) is 17.4. The Kier molecular flexibility index (Phi) is 6.79. The van der Waals surface area contributed by atoms with Crippen LogP contribution in [0.3, 0.4) is 0 Å². The summed E-state index contributed by atoms with van der Waals surface area (Å²) in [5.41, 5.74) is 3.77. The maximum absolute atomic E-state index is 5.47. The first-order valence-electron chi connectivity index (χ1n) is 9.90. The molecule has 2 heterocycles. The van der Waals surface area contributed by atoms with Crippen molar-refractivity contribution in [3.8, 4) is 11.5 Å². The molecular weight excluding hydrogens is 354 g/mol. The van der Waals surface area contributed by atoms with Crippen molar-refractivity contribution >= 4 is 5.96 Å². The Morgan fingerprint density at radius 1 is 1.21 bits per heavy atom. The highest BCUT2D eigenvalue weighted by atomic mass is 16.5. The molecule has 1 aliphatic heterocycles. The minimum Gasteiger partial charge on any atom is -0.493 e. The van der Waals surface area contributed by atoms with E-state index in [0.29, 0.717) is 0 Å². The number of ether oxygens (including phenoxy) is 2. The number of methoxy groups -OCH3 is 2. The summed E-state index contributed by atoms with van der Waals surface area (Å²) in [7, 11) is 3.36. The largest absolute Gasteiger partial charge is 0.493 e. The molecule has 7 nitrogen and oxygen atoms in total. The molecule has 0 aliphatic carbocycles. The maximum Gasteiger partial charge on any atom is 0.194 e. The minimum absolute atomic E-state index is 0.774. The number of aromatic nitrogens is 2. The Morgan fingerprint density at radius 2 is 1.96 bits per heavy atom. The van der Waals surface area contributed by atoms with E-state index in [1.807, 2.05) is 10.9 Å². The molecule has 0 radical (unpaired) electrons. The van der Waals surface area contributed by atoms with Crippen LogP contribution >= 0.6 is 0 Å². The highest BCUT2D eigenvalue weighted by molar-refractivity contribution is 5.80. The van der Waals surface area contributed by atoms with E-state index in [1.165, 1.54) is 16.7 Å². The number of guanidine groups is 1. The first-order valence-corrected chi connectivity index (χ1v) is 9.90. The molecule has 0 amide bonds. The number of hydrogen-bond acceptors (Lipinski definition) is 4. The molecule has 0 saturated carbocycles. The molecule has 0 unspecified atom stereocenters. The van der Waals surface area contributed by atoms with E-state index < -0.39 is 0 Å². The van der Waals surface area contributed by atoms with Gasteiger partial charge in [-0.1, -0.05) is 0 Å². The molecule has 0 bridgehead atoms. The first kappa shape index (κ1) is 20.0. The maximum atomic E-state index is 5.47. The van der Waals surface area contributed by atoms with Crippen molar-refractivity contribution in [3.63, 3.8) is 0 Å². The lowest BCUT2D eigenvalue weighted by molar-refractivity contribution is 0.346. The first-order chi connectivity index (χ1) is 13.6. The van der Waals surface area contributed by atoms with Crippen LogP contribution in [-0.2, 0) is 19.5 Å². The van der Waals surface area contributed by atoms with E-state index in [0.717, 1.165) is 63.0 Å². The van der Waals surface area contributed by atoms with Crippen LogP contribution in [0, 0.1) is 6.92 Å². The lowest BCUT2D eigenvalue weighted by Gasteiger charge is -2.32. The Bertz CT molecular complexity index is 815. The molecule has 1 aliphatic rings. The van der Waals surface area contributed by atoms with E-state index >= 15 is 0 Å². The van der Waals surface area contributed by atoms with E-state index in [1.54, 1.807) is 14.2 Å². The number of aliphatic imine (C=N–C) groups is 1. The van der Waals surface area contributed by atoms with E-state index in [4.69, 9.17) is 14.5 Å². The van der Waals surface area contributed by atoms with Crippen molar-refractivity contribution in [2.75, 3.05) is 33.9 Å². The fourth-order valence-electron chi connectivity index (χ4n) is 3.50. The van der Waals surface area contributed by atoms with Gasteiger partial charge in [-0.15, -0.1) is 0 Å². The normalized spacial score (nSPS) is 14.0. The topological polar surface area (TPSA) is 63.9 Å². The molecule has 0 fully saturated rings. The molecule has 0 spiro atoms. The Labute approximate surface area is 167 Å². The standard InChI is InChI=1S/C21H31N5O2/c1-5-22-21(23-8-6-9-26-14-16(2)13-24-26)25-10-7-17-11-19(27-3)20(28-4)12-18(17)15-25/h11-14H,5-10,15H2,1-4H3,(H,22,23). The summed E-state index contributed by atoms with van der Waals surface area (Å²) in [6, 6.07) is 4.19. The summed E-state index contributed by atoms with van der Waals surface area (Å²) >= 11 is 0. The fraction of sp³-hybridized carbons (Fsp3) is 0.524. The van der Waals surface area contributed by atoms with Crippen LogP contribution < -0.4 is 14.8 Å². The molecule has 152 valence electrons. The van der Waals surface area contributed by atoms with Gasteiger partial charge in [-0.25, -0.2) is 0 Å². The van der Waals surface area contributed by atoms with Crippen LogP contribution in [0.2, 0.25) is 0 Å². The van der Waals surface area contributed by atoms with Crippen LogP contribution in [0.5, 0.6) is 11.5 Å². The average Bonchev–Trinajstić information content (AvgIpc) is 3.13. The predicted molar refractivity (Wildman–Crippen MR) is 111 cm³/mol. The van der Waals surface area contributed by atoms with Gasteiger partial charge in [-0.2, -0.15) is 5.10 Å². The zero-order valence-corrected chi connectivity index (χ0v) is 17.4. The molecule has 7 heteroatoms. The van der Waals surface area contributed by atoms with Gasteiger partial charge in [0, 0.05) is 38.9 Å². The molecule has 0 saturated heterocycles. The average molecular weight is 386 g/mol. The van der Waals surface area contributed by atoms with Crippen molar-refractivity contribution in [3.05, 3.63) is 41.2 Å². The lowest BCUT2D eigenvalue weighted by Crippen LogP contribution is -2.44. The van der Waals surface area contributed by atoms with E-state index in [9.17, 15) is 0 Å². The third kappa shape index (κ3) is 4.77. The lowest BCUT2D eigenvalue weighted by atomic mass is 9.99. The van der Waals surface area contributed by atoms with E-state index in [-0.39, 0.29) is 0 Å². The van der Waals surface area contributed by atoms with Gasteiger partial charge in [-0.05, 0) is 55.5 Å². The third-order valence-electron chi connectivity index (χ3n) is 4.92. The molecule has 0 atom stereocenters. The minimum atomic E-state index is 0.774. The monoisotopic (exact) mass is 385 g/mol. The molecule has 28 heavy (non-hydrogen) atoms. The van der Waals surface area contributed by atoms with Gasteiger partial charge >= 0.3 is 0 Å². The van der Waals surface area contributed by atoms with Gasteiger partial charge in [0.15, 0.2) is 17.5 Å². The van der Waals surface area contributed by atoms with Gasteiger partial charge in [0.25, 0.3) is 0 Å². The van der Waals surface area contributed by atoms with Gasteiger partial charge in [0.2, 0.25) is 0 Å². The summed E-state index contributed by atoms with van der Waals surface area (Å²) in [6.45, 7) is 8.43. The van der Waals surface area contributed by atoms with Gasteiger partial charge in [0.05, 0.1) is 20.4 Å². The molecule has 1 aromatic carbocycles. The fourth-order valence-corrected chi connectivity index (χ4v) is 3.50. The highest BCUT2D eigenvalue weighted by Gasteiger charge is 2.21. The molecule has 1 N–H and O–H groups in total. The van der Waals surface area contributed by atoms with Gasteiger partial charge in [-0.3, -0.25) is 9.67 Å². The number of aryl methyl sites for hydroxylation is 2. The summed E-state index contributed by atoms with van der Waals surface area (Å²) < 4.78 is 12.9. The summed E-state index contributed by atoms with van der Waals surface area (Å²) in [5.74, 6) is 2.54. The Hall–Kier alpha value is -2.70. The number of hydrogen-bond donors (Lipinski definition) is 1. The van der Waals surface area contributed by atoms with Crippen molar-refractivity contribution in [1.29, 1.82) is 0 Å². The number of benzene rings is 1. The van der Waals surface area contributed by atoms with Crippen LogP contribution in [0.4, 0.5) is 0 Å². The van der Waals surface area contributed by atoms with Crippen molar-refractivity contribution < 1.29 is 9.47 Å². The second-order valence-electron chi connectivity index (χ2n) is 7.02. The smallest absolute Gasteiger partial charge is 0.194 e. The van der Waals surface area contributed by atoms with Crippen molar-refractivity contribution in [2.45, 2.75) is 39.8 Å². The Balaban J connectivity index is 1.65. The molecule has 2 aromatic rings. The van der Waals surface area contributed by atoms with Crippen LogP contribution in [0.25, 0.3) is 0 Å². The third-order valence-corrected chi connectivity index (χ3v) is 4.92. The van der Waals surface area contributed by atoms with E-state index in [2.05, 4.69) is 47.5 Å². The van der Waals surface area contributed by atoms with Crippen LogP contribution in [-0.4, -0.2) is 54.5 Å². The van der Waals surface area contributed by atoms with Crippen LogP contribution in [0.1, 0.15) is 30.0 Å². The molecule has 3 rings (SSSR count). The van der Waals surface area contributed by atoms with Crippen molar-refractivity contribution in [1.82, 2.24) is 20.0 Å². The van der Waals surface area contributed by atoms with Gasteiger partial charge < -0.3 is 19.7 Å². The Morgan fingerprint density at radius 3 is 2.61 bits per heavy atom. The second kappa shape index (κ2) is 9.48.